The molecule has 2 aliphatic heterocycles. The van der Waals surface area contributed by atoms with Crippen molar-refractivity contribution >= 4 is 27.8 Å². The number of fused-ring (bicyclic) bond motifs is 2. The van der Waals surface area contributed by atoms with Crippen molar-refractivity contribution in [2.75, 3.05) is 26.2 Å². The van der Waals surface area contributed by atoms with Crippen LogP contribution >= 0.6 is 10.8 Å². The van der Waals surface area contributed by atoms with Gasteiger partial charge in [-0.3, -0.25) is 18.5 Å². The van der Waals surface area contributed by atoms with Crippen LogP contribution in [0.2, 0.25) is 0 Å². The summed E-state index contributed by atoms with van der Waals surface area (Å²) in [5.41, 5.74) is 3.99. The topological polar surface area (TPSA) is 99.1 Å². The number of piperidine rings is 1. The molecule has 2 aliphatic rings. The largest absolute Gasteiger partial charge is 0.420 e. The Kier molecular flexibility index (Phi) is 6.61. The van der Waals surface area contributed by atoms with E-state index in [1.54, 1.807) is 24.3 Å². The number of likely N-dealkylation sites (tertiary alicyclic amines) is 1. The molecular formula is C29H31N3O5S. The molecule has 198 valence electrons. The van der Waals surface area contributed by atoms with Crippen LogP contribution in [0.1, 0.15) is 42.1 Å². The van der Waals surface area contributed by atoms with Gasteiger partial charge in [-0.25, -0.2) is 9.10 Å². The Hall–Kier alpha value is -3.37. The minimum absolute atomic E-state index is 0.0831. The molecule has 1 fully saturated rings. The maximum atomic E-state index is 12.8. The van der Waals surface area contributed by atoms with Gasteiger partial charge >= 0.3 is 5.76 Å². The van der Waals surface area contributed by atoms with Crippen LogP contribution in [-0.2, 0) is 0 Å². The van der Waals surface area contributed by atoms with E-state index in [2.05, 4.69) is 17.0 Å². The summed E-state index contributed by atoms with van der Waals surface area (Å²) < 4.78 is 29.9. The van der Waals surface area contributed by atoms with Gasteiger partial charge in [-0.05, 0) is 67.6 Å². The van der Waals surface area contributed by atoms with Gasteiger partial charge in [-0.1, -0.05) is 59.3 Å². The van der Waals surface area contributed by atoms with Gasteiger partial charge in [0.15, 0.2) is 5.58 Å². The van der Waals surface area contributed by atoms with Crippen molar-refractivity contribution in [2.45, 2.75) is 36.6 Å². The molecule has 1 aromatic heterocycles. The lowest BCUT2D eigenvalue weighted by molar-refractivity contribution is 0.0859. The number of hydrogen-bond acceptors (Lipinski definition) is 6. The van der Waals surface area contributed by atoms with Crippen LogP contribution in [0, 0.1) is 0 Å². The zero-order valence-electron chi connectivity index (χ0n) is 21.0. The second-order valence-electron chi connectivity index (χ2n) is 9.99. The summed E-state index contributed by atoms with van der Waals surface area (Å²) >= 11 is 0. The lowest BCUT2D eigenvalue weighted by Gasteiger charge is -2.37. The van der Waals surface area contributed by atoms with E-state index in [1.165, 1.54) is 4.31 Å². The van der Waals surface area contributed by atoms with Crippen LogP contribution in [0.25, 0.3) is 22.2 Å². The van der Waals surface area contributed by atoms with Gasteiger partial charge in [0, 0.05) is 25.7 Å². The van der Waals surface area contributed by atoms with E-state index >= 15 is 0 Å². The van der Waals surface area contributed by atoms with E-state index in [0.29, 0.717) is 29.0 Å². The maximum absolute atomic E-state index is 12.8. The molecule has 0 radical (unpaired) electrons. The fourth-order valence-electron chi connectivity index (χ4n) is 5.66. The molecular weight excluding hydrogens is 502 g/mol. The Balaban J connectivity index is 1.05. The summed E-state index contributed by atoms with van der Waals surface area (Å²) in [6.07, 6.45) is 3.23. The number of carbonyl (C=O) groups is 1. The summed E-state index contributed by atoms with van der Waals surface area (Å²) in [4.78, 5) is 28.1. The Morgan fingerprint density at radius 1 is 0.842 bits per heavy atom. The predicted molar refractivity (Wildman–Crippen MR) is 148 cm³/mol. The summed E-state index contributed by atoms with van der Waals surface area (Å²) in [5.74, 6) is -0.617. The second kappa shape index (κ2) is 10.1. The van der Waals surface area contributed by atoms with Crippen LogP contribution < -0.4 is 5.76 Å². The molecule has 8 nitrogen and oxygen atoms in total. The smallest absolute Gasteiger partial charge is 0.408 e. The number of unbranched alkanes of at least 4 members (excludes halogenated alkanes) is 1. The minimum atomic E-state index is -3.25. The van der Waals surface area contributed by atoms with Crippen LogP contribution in [-0.4, -0.2) is 55.0 Å². The van der Waals surface area contributed by atoms with E-state index in [1.807, 2.05) is 41.0 Å². The third-order valence-electron chi connectivity index (χ3n) is 7.67. The highest BCUT2D eigenvalue weighted by Crippen LogP contribution is 2.58. The summed E-state index contributed by atoms with van der Waals surface area (Å²) in [5, 5.41) is 0. The van der Waals surface area contributed by atoms with Crippen molar-refractivity contribution in [3.63, 3.8) is 0 Å². The van der Waals surface area contributed by atoms with Gasteiger partial charge in [-0.2, -0.15) is 0 Å². The van der Waals surface area contributed by atoms with Crippen molar-refractivity contribution in [1.82, 2.24) is 13.8 Å². The summed E-state index contributed by atoms with van der Waals surface area (Å²) in [7, 11) is -3.25. The first kappa shape index (κ1) is 24.9. The Morgan fingerprint density at radius 2 is 1.55 bits per heavy atom. The first-order valence-corrected chi connectivity index (χ1v) is 14.6. The number of hydrogen-bond donors (Lipinski definition) is 2. The quantitative estimate of drug-likeness (QED) is 0.289. The lowest BCUT2D eigenvalue weighted by atomic mass is 10.0. The third kappa shape index (κ3) is 4.45. The van der Waals surface area contributed by atoms with Crippen LogP contribution in [0.5, 0.6) is 0 Å². The fourth-order valence-corrected chi connectivity index (χ4v) is 7.32. The molecule has 0 aliphatic carbocycles. The molecule has 0 unspecified atom stereocenters. The first-order chi connectivity index (χ1) is 18.4. The normalized spacial score (nSPS) is 18.7. The molecule has 38 heavy (non-hydrogen) atoms. The zero-order chi connectivity index (χ0) is 26.3. The summed E-state index contributed by atoms with van der Waals surface area (Å²) in [6, 6.07) is 22.8. The highest BCUT2D eigenvalue weighted by Gasteiger charge is 2.40. The maximum Gasteiger partial charge on any atom is 0.420 e. The molecule has 0 bridgehead atoms. The molecule has 9 heteroatoms. The number of amides is 1. The average molecular weight is 534 g/mol. The monoisotopic (exact) mass is 533 g/mol. The van der Waals surface area contributed by atoms with Gasteiger partial charge in [0.1, 0.15) is 0 Å². The fraction of sp³-hybridized carbons (Fsp3) is 0.310. The second-order valence-corrected chi connectivity index (χ2v) is 11.9. The zero-order valence-corrected chi connectivity index (χ0v) is 21.8. The van der Waals surface area contributed by atoms with Gasteiger partial charge in [0.05, 0.1) is 16.0 Å². The number of carbonyl (C=O) groups excluding carboxylic acids is 1. The van der Waals surface area contributed by atoms with Crippen molar-refractivity contribution in [3.05, 3.63) is 88.9 Å². The third-order valence-corrected chi connectivity index (χ3v) is 9.58. The van der Waals surface area contributed by atoms with Crippen molar-refractivity contribution in [3.8, 4) is 11.1 Å². The Morgan fingerprint density at radius 3 is 2.32 bits per heavy atom. The minimum Gasteiger partial charge on any atom is -0.408 e. The van der Waals surface area contributed by atoms with E-state index < -0.39 is 10.8 Å². The summed E-state index contributed by atoms with van der Waals surface area (Å²) in [6.45, 7) is 2.91. The van der Waals surface area contributed by atoms with Crippen LogP contribution in [0.3, 0.4) is 0 Å². The number of oxazole rings is 1. The van der Waals surface area contributed by atoms with Crippen molar-refractivity contribution in [1.29, 1.82) is 0 Å². The molecule has 3 aromatic carbocycles. The molecule has 0 atom stereocenters. The Labute approximate surface area is 222 Å². The highest BCUT2D eigenvalue weighted by atomic mass is 32.3. The van der Waals surface area contributed by atoms with E-state index in [9.17, 15) is 18.7 Å². The van der Waals surface area contributed by atoms with Crippen LogP contribution in [0.4, 0.5) is 0 Å². The van der Waals surface area contributed by atoms with Gasteiger partial charge < -0.3 is 9.32 Å². The highest BCUT2D eigenvalue weighted by molar-refractivity contribution is 8.23. The van der Waals surface area contributed by atoms with Gasteiger partial charge in [0.25, 0.3) is 5.91 Å². The number of aromatic nitrogens is 1. The van der Waals surface area contributed by atoms with E-state index in [4.69, 9.17) is 4.42 Å². The van der Waals surface area contributed by atoms with E-state index in [0.717, 1.165) is 55.5 Å². The molecule has 4 aromatic rings. The molecule has 2 N–H and O–H groups in total. The Bertz CT molecular complexity index is 1520. The number of rotatable bonds is 7. The van der Waals surface area contributed by atoms with E-state index in [-0.39, 0.29) is 17.7 Å². The molecule has 1 amide bonds. The number of benzene rings is 3. The SMILES string of the molecule is O=C1c2ccccc2S(O)(O)N1CCCCN1CCC(n2c(=O)oc3ccc(-c4ccccc4)cc32)CC1. The standard InChI is InChI=1S/C29H31N3O5S/c33-28-24-10-4-5-11-27(24)38(35,36)31(28)17-7-6-16-30-18-14-23(15-19-30)32-25-20-22(21-8-2-1-3-9-21)12-13-26(25)37-29(32)34/h1-5,8-13,20,23,35-36H,6-7,14-19H2. The first-order valence-electron chi connectivity index (χ1n) is 13.1. The number of nitrogens with zero attached hydrogens (tertiary/aromatic N) is 3. The lowest BCUT2D eigenvalue weighted by Crippen LogP contribution is -2.37. The molecule has 0 spiro atoms. The predicted octanol–water partition coefficient (Wildman–Crippen LogP) is 5.86. The molecule has 0 saturated carbocycles. The van der Waals surface area contributed by atoms with Crippen molar-refractivity contribution in [2.24, 2.45) is 0 Å². The van der Waals surface area contributed by atoms with Gasteiger partial charge in [0.2, 0.25) is 0 Å². The molecule has 3 heterocycles. The molecule has 6 rings (SSSR count). The van der Waals surface area contributed by atoms with Gasteiger partial charge in [-0.15, -0.1) is 0 Å². The molecule has 1 saturated heterocycles. The van der Waals surface area contributed by atoms with Crippen molar-refractivity contribution < 1.29 is 18.3 Å². The average Bonchev–Trinajstić information content (AvgIpc) is 3.37. The van der Waals surface area contributed by atoms with Crippen LogP contribution in [0.15, 0.2) is 86.9 Å².